The average molecular weight is 744 g/mol. The topological polar surface area (TPSA) is 174 Å². The maximum atomic E-state index is 11.9. The number of thiol groups is 1. The standard InChI is InChI=1S/C14H23NO8P2.CH3O.CH3S.W.Y/c15-6-7-24(16,17)23-13-9-12(8-11-4-2-1-3-5-11)22-14(13)10-21-25(18,19)20;2*1-2;;/h1-5,12-14H,6-10,15H2,(H,16,17)(H2,18,19,20);2*2H,1H2;;/q;2*-1;+2;/p-2/t12-,13-,14+;;;;/m0..../s1. The van der Waals surface area contributed by atoms with Crippen molar-refractivity contribution in [3.63, 3.8) is 0 Å². The summed E-state index contributed by atoms with van der Waals surface area (Å²) in [7, 11) is -6.87. The van der Waals surface area contributed by atoms with Gasteiger partial charge in [0.05, 0.1) is 18.8 Å². The zero-order valence-corrected chi connectivity index (χ0v) is 25.2. The minimum atomic E-state index is -4.95. The maximum absolute atomic E-state index is 11.9. The van der Waals surface area contributed by atoms with E-state index in [1.165, 1.54) is 0 Å². The molecule has 0 spiro atoms. The van der Waals surface area contributed by atoms with Gasteiger partial charge in [-0.1, -0.05) is 30.3 Å². The van der Waals surface area contributed by atoms with Gasteiger partial charge in [-0.25, -0.2) is 7.11 Å². The predicted octanol–water partition coefficient (Wildman–Crippen LogP) is 0.614. The van der Waals surface area contributed by atoms with Crippen molar-refractivity contribution < 1.29 is 96.5 Å². The Kier molecular flexibility index (Phi) is 23.6. The van der Waals surface area contributed by atoms with Crippen LogP contribution in [0.2, 0.25) is 0 Å². The normalized spacial score (nSPS) is 23.3. The summed E-state index contributed by atoms with van der Waals surface area (Å²) < 4.78 is 37.8. The minimum absolute atomic E-state index is 0. The summed E-state index contributed by atoms with van der Waals surface area (Å²) in [5.74, 6) is 0. The number of aliphatic hydroxyl groups excluding tert-OH is 1. The number of hydrogen-bond acceptors (Lipinski definition) is 10. The predicted molar refractivity (Wildman–Crippen MR) is 107 cm³/mol. The zero-order valence-electron chi connectivity index (χ0n) is 16.7. The molecule has 15 heteroatoms. The molecular weight excluding hydrogens is 717 g/mol. The molecule has 31 heavy (non-hydrogen) atoms. The Morgan fingerprint density at radius 3 is 2.26 bits per heavy atom. The Morgan fingerprint density at radius 2 is 1.77 bits per heavy atom. The summed E-state index contributed by atoms with van der Waals surface area (Å²) >= 11 is 3.28. The Labute approximate surface area is 228 Å². The molecule has 1 heterocycles. The van der Waals surface area contributed by atoms with Crippen LogP contribution >= 0.6 is 28.0 Å². The van der Waals surface area contributed by atoms with Crippen molar-refractivity contribution in [1.29, 1.82) is 0 Å². The SMILES string of the molecule is NCCP(=O)([O-])O[C@H]1C[C@H](Cc2ccccc2)O[C@@H]1COP(=O)([O-])O.[CH2-]O.[CH2-]S.[W+2].[Y]. The van der Waals surface area contributed by atoms with E-state index in [4.69, 9.17) is 25.0 Å². The molecule has 1 aliphatic heterocycles. The molecule has 2 rings (SSSR count). The van der Waals surface area contributed by atoms with Gasteiger partial charge in [-0.3, -0.25) is 10.8 Å². The van der Waals surface area contributed by atoms with Crippen LogP contribution in [0.3, 0.4) is 0 Å². The summed E-state index contributed by atoms with van der Waals surface area (Å²) in [4.78, 5) is 31.4. The van der Waals surface area contributed by atoms with Crippen molar-refractivity contribution in [3.05, 3.63) is 49.3 Å². The molecule has 1 radical (unpaired) electrons. The van der Waals surface area contributed by atoms with E-state index in [0.717, 1.165) is 5.56 Å². The van der Waals surface area contributed by atoms with E-state index in [-0.39, 0.29) is 79.0 Å². The number of phosphoric ester groups is 1. The van der Waals surface area contributed by atoms with Gasteiger partial charge in [0.25, 0.3) is 7.82 Å². The van der Waals surface area contributed by atoms with Crippen LogP contribution in [0.4, 0.5) is 0 Å². The van der Waals surface area contributed by atoms with Gasteiger partial charge in [0.15, 0.2) is 0 Å². The van der Waals surface area contributed by atoms with E-state index in [9.17, 15) is 18.9 Å². The first kappa shape index (κ1) is 37.1. The number of nitrogens with two attached hydrogens (primary N) is 1. The smallest absolute Gasteiger partial charge is 0.778 e. The number of hydrogen-bond donors (Lipinski definition) is 4. The molecule has 1 aromatic rings. The molecule has 0 aromatic heterocycles. The van der Waals surface area contributed by atoms with Crippen LogP contribution in [-0.2, 0) is 83.1 Å². The Morgan fingerprint density at radius 1 is 1.23 bits per heavy atom. The number of benzene rings is 1. The van der Waals surface area contributed by atoms with Crippen molar-refractivity contribution in [1.82, 2.24) is 0 Å². The molecule has 5 atom stereocenters. The third kappa shape index (κ3) is 16.7. The first-order chi connectivity index (χ1) is 13.7. The molecule has 0 aliphatic carbocycles. The van der Waals surface area contributed by atoms with E-state index in [0.29, 0.717) is 6.42 Å². The molecule has 0 amide bonds. The fourth-order valence-corrected chi connectivity index (χ4v) is 4.04. The van der Waals surface area contributed by atoms with E-state index in [1.54, 1.807) is 0 Å². The Hall–Kier alpha value is 1.50. The van der Waals surface area contributed by atoms with Crippen LogP contribution in [0.15, 0.2) is 30.3 Å². The molecule has 0 bridgehead atoms. The van der Waals surface area contributed by atoms with Gasteiger partial charge in [0, 0.05) is 51.8 Å². The van der Waals surface area contributed by atoms with Crippen LogP contribution in [0, 0.1) is 13.4 Å². The quantitative estimate of drug-likeness (QED) is 0.160. The molecule has 0 saturated carbocycles. The first-order valence-electron chi connectivity index (χ1n) is 8.38. The first-order valence-corrected chi connectivity index (χ1v) is 12.2. The molecule has 1 saturated heterocycles. The van der Waals surface area contributed by atoms with E-state index in [1.807, 2.05) is 30.3 Å². The third-order valence-corrected chi connectivity index (χ3v) is 5.56. The molecule has 2 unspecified atom stereocenters. The monoisotopic (exact) mass is 744 g/mol. The second-order valence-electron chi connectivity index (χ2n) is 5.75. The number of rotatable bonds is 9. The molecule has 4 N–H and O–H groups in total. The van der Waals surface area contributed by atoms with Crippen molar-refractivity contribution in [3.8, 4) is 0 Å². The third-order valence-electron chi connectivity index (χ3n) is 3.68. The summed E-state index contributed by atoms with van der Waals surface area (Å²) in [5, 5.41) is 6.75. The van der Waals surface area contributed by atoms with E-state index >= 15 is 0 Å². The van der Waals surface area contributed by atoms with E-state index in [2.05, 4.69) is 30.5 Å². The average Bonchev–Trinajstić information content (AvgIpc) is 3.04. The summed E-state index contributed by atoms with van der Waals surface area (Å²) in [6.07, 6.45) is 1.14. The molecule has 10 nitrogen and oxygen atoms in total. The van der Waals surface area contributed by atoms with Crippen molar-refractivity contribution in [2.24, 2.45) is 5.73 Å². The molecule has 177 valence electrons. The number of aliphatic hydroxyl groups is 1. The number of ether oxygens (including phenoxy) is 1. The van der Waals surface area contributed by atoms with Crippen LogP contribution in [-0.4, -0.2) is 47.6 Å². The fourth-order valence-electron chi connectivity index (χ4n) is 2.65. The maximum Gasteiger partial charge on any atom is 2.00 e. The summed E-state index contributed by atoms with van der Waals surface area (Å²) in [6, 6.07) is 9.40. The second-order valence-corrected chi connectivity index (χ2v) is 8.83. The second kappa shape index (κ2) is 19.8. The molecule has 1 aliphatic rings. The van der Waals surface area contributed by atoms with Crippen LogP contribution < -0.4 is 15.5 Å². The summed E-state index contributed by atoms with van der Waals surface area (Å²) in [5.41, 5.74) is 6.23. The van der Waals surface area contributed by atoms with Crippen molar-refractivity contribution >= 4 is 28.0 Å². The van der Waals surface area contributed by atoms with Gasteiger partial charge in [-0.05, 0) is 12.0 Å². The summed E-state index contributed by atoms with van der Waals surface area (Å²) in [6.45, 7) is -0.620. The Balaban J connectivity index is -0.00000123. The largest absolute Gasteiger partial charge is 2.00 e. The molecule has 1 fully saturated rings. The van der Waals surface area contributed by atoms with Gasteiger partial charge in [-0.2, -0.15) is 0 Å². The van der Waals surface area contributed by atoms with Crippen LogP contribution in [0.1, 0.15) is 12.0 Å². The number of phosphoric acid groups is 1. The van der Waals surface area contributed by atoms with Gasteiger partial charge in [0.2, 0.25) is 0 Å². The van der Waals surface area contributed by atoms with Gasteiger partial charge in [-0.15, -0.1) is 0 Å². The van der Waals surface area contributed by atoms with Crippen LogP contribution in [0.5, 0.6) is 0 Å². The Bertz CT molecular complexity index is 659. The minimum Gasteiger partial charge on any atom is -0.778 e. The van der Waals surface area contributed by atoms with Gasteiger partial charge < -0.3 is 56.5 Å². The van der Waals surface area contributed by atoms with Crippen LogP contribution in [0.25, 0.3) is 0 Å². The fraction of sp³-hybridized carbons (Fsp3) is 0.500. The molecule has 1 aromatic carbocycles. The van der Waals surface area contributed by atoms with Gasteiger partial charge in [0.1, 0.15) is 13.7 Å². The molecular formula is C16H27NO9P2SWY-2. The zero-order chi connectivity index (χ0) is 22.5. The van der Waals surface area contributed by atoms with Gasteiger partial charge >= 0.3 is 21.1 Å². The van der Waals surface area contributed by atoms with Crippen molar-refractivity contribution in [2.45, 2.75) is 31.2 Å². The van der Waals surface area contributed by atoms with Crippen molar-refractivity contribution in [2.75, 3.05) is 19.3 Å². The van der Waals surface area contributed by atoms with E-state index < -0.39 is 34.2 Å².